The Morgan fingerprint density at radius 1 is 1.23 bits per heavy atom. The number of carbonyl (C=O) groups excluding carboxylic acids is 1. The molecule has 1 aliphatic carbocycles. The maximum absolute atomic E-state index is 12.2. The number of carbonyl (C=O) groups is 1. The summed E-state index contributed by atoms with van der Waals surface area (Å²) in [7, 11) is 0. The maximum atomic E-state index is 12.2. The van der Waals surface area contributed by atoms with E-state index in [1.165, 1.54) is 22.6 Å². The number of rotatable bonds is 6. The first kappa shape index (κ1) is 18.2. The normalized spacial score (nSPS) is 13.2. The molecule has 0 atom stereocenters. The average Bonchev–Trinajstić information content (AvgIpc) is 2.81. The van der Waals surface area contributed by atoms with Crippen LogP contribution in [0, 0.1) is 11.3 Å². The molecular weight excluding hydrogens is 346 g/mol. The van der Waals surface area contributed by atoms with Gasteiger partial charge in [0.2, 0.25) is 0 Å². The van der Waals surface area contributed by atoms with Crippen LogP contribution in [0.25, 0.3) is 5.70 Å². The molecule has 0 bridgehead atoms. The lowest BCUT2D eigenvalue weighted by molar-refractivity contribution is -0.122. The molecule has 0 unspecified atom stereocenters. The van der Waals surface area contributed by atoms with E-state index in [-0.39, 0.29) is 12.5 Å². The van der Waals surface area contributed by atoms with Crippen LogP contribution in [-0.4, -0.2) is 12.5 Å². The molecule has 0 aliphatic heterocycles. The molecule has 0 radical (unpaired) electrons. The summed E-state index contributed by atoms with van der Waals surface area (Å²) < 4.78 is 0. The fourth-order valence-corrected chi connectivity index (χ4v) is 4.25. The van der Waals surface area contributed by atoms with Crippen molar-refractivity contribution in [3.8, 4) is 6.07 Å². The van der Waals surface area contributed by atoms with Crippen LogP contribution in [0.15, 0.2) is 36.9 Å². The summed E-state index contributed by atoms with van der Waals surface area (Å²) in [6.07, 6.45) is 5.33. The summed E-state index contributed by atoms with van der Waals surface area (Å²) in [4.78, 5) is 18.6. The number of thiophene rings is 1. The lowest BCUT2D eigenvalue weighted by Gasteiger charge is -2.10. The second-order valence-corrected chi connectivity index (χ2v) is 7.27. The van der Waals surface area contributed by atoms with Crippen LogP contribution in [0.2, 0.25) is 0 Å². The number of nitrogens with zero attached hydrogens (tertiary/aromatic N) is 1. The van der Waals surface area contributed by atoms with Gasteiger partial charge in [-0.25, -0.2) is 0 Å². The van der Waals surface area contributed by atoms with E-state index in [9.17, 15) is 10.1 Å². The van der Waals surface area contributed by atoms with Crippen molar-refractivity contribution in [2.24, 2.45) is 0 Å². The van der Waals surface area contributed by atoms with Crippen LogP contribution < -0.4 is 10.8 Å². The van der Waals surface area contributed by atoms with Gasteiger partial charge in [-0.2, -0.15) is 5.26 Å². The lowest BCUT2D eigenvalue weighted by atomic mass is 10.1. The van der Waals surface area contributed by atoms with Crippen molar-refractivity contribution in [1.82, 2.24) is 5.48 Å². The number of hydrogen-bond donors (Lipinski definition) is 2. The summed E-state index contributed by atoms with van der Waals surface area (Å²) in [6.45, 7) is 3.71. The number of amides is 1. The van der Waals surface area contributed by atoms with Crippen molar-refractivity contribution in [3.63, 3.8) is 0 Å². The lowest BCUT2D eigenvalue weighted by Crippen LogP contribution is -2.23. The number of fused-ring (bicyclic) bond motifs is 1. The molecule has 5 nitrogen and oxygen atoms in total. The Kier molecular flexibility index (Phi) is 6.05. The molecule has 1 aromatic heterocycles. The predicted molar refractivity (Wildman–Crippen MR) is 103 cm³/mol. The van der Waals surface area contributed by atoms with Crippen LogP contribution >= 0.6 is 11.3 Å². The highest BCUT2D eigenvalue weighted by atomic mass is 32.1. The second-order valence-electron chi connectivity index (χ2n) is 6.16. The highest BCUT2D eigenvalue weighted by Crippen LogP contribution is 2.36. The fourth-order valence-electron chi connectivity index (χ4n) is 3.00. The van der Waals surface area contributed by atoms with E-state index in [2.05, 4.69) is 23.4 Å². The summed E-state index contributed by atoms with van der Waals surface area (Å²) in [6, 6.07) is 11.8. The number of nitrogens with one attached hydrogen (secondary N) is 2. The SMILES string of the molecule is C=C(NOCC(=O)Nc1sc2c(c1C#N)CCCCC2)c1ccccc1. The van der Waals surface area contributed by atoms with Crippen molar-refractivity contribution < 1.29 is 9.63 Å². The van der Waals surface area contributed by atoms with Crippen molar-refractivity contribution >= 4 is 27.9 Å². The summed E-state index contributed by atoms with van der Waals surface area (Å²) in [5, 5.41) is 12.9. The number of benzene rings is 1. The van der Waals surface area contributed by atoms with E-state index in [4.69, 9.17) is 4.84 Å². The van der Waals surface area contributed by atoms with Crippen LogP contribution in [0.5, 0.6) is 0 Å². The molecule has 0 spiro atoms. The molecule has 2 N–H and O–H groups in total. The Bertz CT molecular complexity index is 837. The molecular formula is C20H21N3O2S. The van der Waals surface area contributed by atoms with E-state index in [0.717, 1.165) is 36.8 Å². The third kappa shape index (κ3) is 4.31. The Balaban J connectivity index is 1.55. The zero-order valence-corrected chi connectivity index (χ0v) is 15.3. The molecule has 0 saturated carbocycles. The van der Waals surface area contributed by atoms with Gasteiger partial charge in [-0.05, 0) is 36.8 Å². The fraction of sp³-hybridized carbons (Fsp3) is 0.300. The molecule has 1 aliphatic rings. The third-order valence-electron chi connectivity index (χ3n) is 4.31. The van der Waals surface area contributed by atoms with Gasteiger partial charge in [0.15, 0.2) is 6.61 Å². The van der Waals surface area contributed by atoms with Gasteiger partial charge in [0, 0.05) is 4.88 Å². The van der Waals surface area contributed by atoms with Gasteiger partial charge in [0.05, 0.1) is 11.3 Å². The smallest absolute Gasteiger partial charge is 0.253 e. The first-order valence-electron chi connectivity index (χ1n) is 8.65. The first-order valence-corrected chi connectivity index (χ1v) is 9.47. The van der Waals surface area contributed by atoms with Crippen LogP contribution in [0.3, 0.4) is 0 Å². The molecule has 0 fully saturated rings. The topological polar surface area (TPSA) is 74.2 Å². The molecule has 3 rings (SSSR count). The molecule has 1 heterocycles. The van der Waals surface area contributed by atoms with E-state index < -0.39 is 0 Å². The van der Waals surface area contributed by atoms with Crippen LogP contribution in [-0.2, 0) is 22.5 Å². The minimum atomic E-state index is -0.300. The zero-order chi connectivity index (χ0) is 18.4. The third-order valence-corrected chi connectivity index (χ3v) is 5.51. The summed E-state index contributed by atoms with van der Waals surface area (Å²) >= 11 is 1.52. The Morgan fingerprint density at radius 3 is 2.77 bits per heavy atom. The van der Waals surface area contributed by atoms with Gasteiger partial charge >= 0.3 is 0 Å². The van der Waals surface area contributed by atoms with Gasteiger partial charge in [-0.15, -0.1) is 11.3 Å². The highest BCUT2D eigenvalue weighted by Gasteiger charge is 2.21. The predicted octanol–water partition coefficient (Wildman–Crippen LogP) is 4.02. The minimum Gasteiger partial charge on any atom is -0.314 e. The quantitative estimate of drug-likeness (QED) is 0.597. The van der Waals surface area contributed by atoms with Gasteiger partial charge in [0.25, 0.3) is 5.91 Å². The molecule has 1 amide bonds. The Labute approximate surface area is 157 Å². The zero-order valence-electron chi connectivity index (χ0n) is 14.5. The monoisotopic (exact) mass is 367 g/mol. The molecule has 2 aromatic rings. The standard InChI is InChI=1S/C20H21N3O2S/c1-14(15-8-4-2-5-9-15)23-25-13-19(24)22-20-17(12-21)16-10-6-3-7-11-18(16)26-20/h2,4-5,8-9,23H,1,3,6-7,10-11,13H2,(H,22,24). The molecule has 1 aromatic carbocycles. The second kappa shape index (κ2) is 8.65. The van der Waals surface area contributed by atoms with Gasteiger partial charge in [0.1, 0.15) is 11.1 Å². The number of anilines is 1. The molecule has 6 heteroatoms. The Morgan fingerprint density at radius 2 is 2.00 bits per heavy atom. The number of hydroxylamine groups is 1. The largest absolute Gasteiger partial charge is 0.314 e. The summed E-state index contributed by atoms with van der Waals surface area (Å²) in [5.41, 5.74) is 5.88. The minimum absolute atomic E-state index is 0.167. The van der Waals surface area contributed by atoms with E-state index >= 15 is 0 Å². The Hall–Kier alpha value is -2.62. The summed E-state index contributed by atoms with van der Waals surface area (Å²) in [5.74, 6) is -0.300. The van der Waals surface area contributed by atoms with Crippen LogP contribution in [0.1, 0.15) is 40.8 Å². The van der Waals surface area contributed by atoms with E-state index in [1.807, 2.05) is 30.3 Å². The van der Waals surface area contributed by atoms with Crippen molar-refractivity contribution in [2.75, 3.05) is 11.9 Å². The van der Waals surface area contributed by atoms with Gasteiger partial charge in [-0.1, -0.05) is 43.3 Å². The molecule has 134 valence electrons. The first-order chi connectivity index (χ1) is 12.7. The highest BCUT2D eigenvalue weighted by molar-refractivity contribution is 7.16. The van der Waals surface area contributed by atoms with Crippen molar-refractivity contribution in [3.05, 3.63) is 58.5 Å². The average molecular weight is 367 g/mol. The number of hydrogen-bond acceptors (Lipinski definition) is 5. The number of aryl methyl sites for hydroxylation is 1. The maximum Gasteiger partial charge on any atom is 0.253 e. The van der Waals surface area contributed by atoms with Gasteiger partial charge < -0.3 is 5.32 Å². The van der Waals surface area contributed by atoms with Crippen molar-refractivity contribution in [2.45, 2.75) is 32.1 Å². The van der Waals surface area contributed by atoms with Crippen LogP contribution in [0.4, 0.5) is 5.00 Å². The molecule has 0 saturated heterocycles. The number of nitriles is 1. The van der Waals surface area contributed by atoms with Gasteiger partial charge in [-0.3, -0.25) is 15.1 Å². The van der Waals surface area contributed by atoms with Crippen molar-refractivity contribution in [1.29, 1.82) is 5.26 Å². The van der Waals surface area contributed by atoms with E-state index in [1.54, 1.807) is 0 Å². The molecule has 26 heavy (non-hydrogen) atoms. The van der Waals surface area contributed by atoms with E-state index in [0.29, 0.717) is 16.3 Å².